The fourth-order valence-corrected chi connectivity index (χ4v) is 5.76. The van der Waals surface area contributed by atoms with Crippen LogP contribution in [0.15, 0.2) is 51.4 Å². The van der Waals surface area contributed by atoms with Gasteiger partial charge in [-0.15, -0.1) is 22.7 Å². The van der Waals surface area contributed by atoms with Crippen LogP contribution < -0.4 is 4.72 Å². The van der Waals surface area contributed by atoms with Gasteiger partial charge in [-0.1, -0.05) is 30.3 Å². The number of fused-ring (bicyclic) bond motifs is 1. The zero-order valence-corrected chi connectivity index (χ0v) is 16.0. The Morgan fingerprint density at radius 3 is 2.69 bits per heavy atom. The maximum absolute atomic E-state index is 12.7. The second-order valence-electron chi connectivity index (χ2n) is 5.82. The molecule has 26 heavy (non-hydrogen) atoms. The standard InChI is InChI=1S/C17H15N3O3S3/c21-16(20-8-7-12-4-1-2-5-13(12)10-20)14-11-25-17(18-14)19-26(22,23)15-6-3-9-24-15/h1-6,9,11H,7-8,10H2,(H,18,19). The number of benzene rings is 1. The molecule has 1 aromatic carbocycles. The molecule has 6 nitrogen and oxygen atoms in total. The summed E-state index contributed by atoms with van der Waals surface area (Å²) in [7, 11) is -3.66. The second kappa shape index (κ2) is 6.82. The SMILES string of the molecule is O=C(c1csc(NS(=O)(=O)c2cccs2)n1)N1CCc2ccccc2C1. The van der Waals surface area contributed by atoms with Gasteiger partial charge in [0.2, 0.25) is 0 Å². The highest BCUT2D eigenvalue weighted by molar-refractivity contribution is 7.94. The number of aromatic nitrogens is 1. The lowest BCUT2D eigenvalue weighted by Crippen LogP contribution is -2.36. The Hall–Kier alpha value is -2.23. The highest BCUT2D eigenvalue weighted by Crippen LogP contribution is 2.25. The topological polar surface area (TPSA) is 79.4 Å². The van der Waals surface area contributed by atoms with E-state index in [0.29, 0.717) is 13.1 Å². The first-order chi connectivity index (χ1) is 12.5. The first kappa shape index (κ1) is 17.2. The lowest BCUT2D eigenvalue weighted by Gasteiger charge is -2.28. The Morgan fingerprint density at radius 2 is 1.92 bits per heavy atom. The van der Waals surface area contributed by atoms with Gasteiger partial charge in [0.05, 0.1) is 0 Å². The molecule has 9 heteroatoms. The predicted molar refractivity (Wildman–Crippen MR) is 102 cm³/mol. The summed E-state index contributed by atoms with van der Waals surface area (Å²) in [5.74, 6) is -0.183. The fraction of sp³-hybridized carbons (Fsp3) is 0.176. The lowest BCUT2D eigenvalue weighted by molar-refractivity contribution is 0.0729. The summed E-state index contributed by atoms with van der Waals surface area (Å²) < 4.78 is 27.2. The molecule has 3 heterocycles. The number of amides is 1. The molecule has 1 aliphatic heterocycles. The Labute approximate surface area is 159 Å². The number of carbonyl (C=O) groups is 1. The van der Waals surface area contributed by atoms with Gasteiger partial charge in [-0.25, -0.2) is 13.4 Å². The van der Waals surface area contributed by atoms with Crippen LogP contribution in [-0.4, -0.2) is 30.8 Å². The molecular weight excluding hydrogens is 390 g/mol. The van der Waals surface area contributed by atoms with Gasteiger partial charge in [-0.2, -0.15) is 0 Å². The molecule has 0 bridgehead atoms. The van der Waals surface area contributed by atoms with E-state index in [2.05, 4.69) is 15.8 Å². The number of rotatable bonds is 4. The number of hydrogen-bond donors (Lipinski definition) is 1. The Balaban J connectivity index is 1.49. The fourth-order valence-electron chi connectivity index (χ4n) is 2.83. The number of anilines is 1. The van der Waals surface area contributed by atoms with Crippen LogP contribution in [0.5, 0.6) is 0 Å². The van der Waals surface area contributed by atoms with Crippen molar-refractivity contribution in [2.24, 2.45) is 0 Å². The quantitative estimate of drug-likeness (QED) is 0.723. The van der Waals surface area contributed by atoms with Crippen LogP contribution in [0, 0.1) is 0 Å². The normalized spacial score (nSPS) is 14.1. The van der Waals surface area contributed by atoms with Crippen molar-refractivity contribution >= 4 is 43.7 Å². The summed E-state index contributed by atoms with van der Waals surface area (Å²) in [6.45, 7) is 1.17. The maximum Gasteiger partial charge on any atom is 0.273 e. The van der Waals surface area contributed by atoms with Crippen LogP contribution in [0.25, 0.3) is 0 Å². The Morgan fingerprint density at radius 1 is 1.12 bits per heavy atom. The average Bonchev–Trinajstić information content (AvgIpc) is 3.32. The van der Waals surface area contributed by atoms with Gasteiger partial charge in [0.1, 0.15) is 9.90 Å². The van der Waals surface area contributed by atoms with E-state index in [1.165, 1.54) is 11.6 Å². The third-order valence-electron chi connectivity index (χ3n) is 4.12. The monoisotopic (exact) mass is 405 g/mol. The summed E-state index contributed by atoms with van der Waals surface area (Å²) in [5.41, 5.74) is 2.67. The molecule has 134 valence electrons. The average molecular weight is 406 g/mol. The zero-order valence-electron chi connectivity index (χ0n) is 13.6. The van der Waals surface area contributed by atoms with E-state index >= 15 is 0 Å². The Bertz CT molecular complexity index is 1040. The number of sulfonamides is 1. The van der Waals surface area contributed by atoms with E-state index in [1.54, 1.807) is 21.7 Å². The van der Waals surface area contributed by atoms with Crippen molar-refractivity contribution in [2.75, 3.05) is 11.3 Å². The van der Waals surface area contributed by atoms with Gasteiger partial charge in [0.15, 0.2) is 5.13 Å². The molecule has 0 atom stereocenters. The molecule has 2 aromatic heterocycles. The van der Waals surface area contributed by atoms with Crippen molar-refractivity contribution in [3.8, 4) is 0 Å². The molecule has 1 aliphatic rings. The van der Waals surface area contributed by atoms with Gasteiger partial charge >= 0.3 is 0 Å². The van der Waals surface area contributed by atoms with Crippen LogP contribution >= 0.6 is 22.7 Å². The molecule has 0 aliphatic carbocycles. The molecule has 1 amide bonds. The molecule has 3 aromatic rings. The third-order valence-corrected chi connectivity index (χ3v) is 7.75. The van der Waals surface area contributed by atoms with E-state index in [-0.39, 0.29) is 20.9 Å². The second-order valence-corrected chi connectivity index (χ2v) is 9.54. The van der Waals surface area contributed by atoms with Gasteiger partial charge in [0.25, 0.3) is 15.9 Å². The molecule has 0 saturated carbocycles. The van der Waals surface area contributed by atoms with Crippen molar-refractivity contribution in [3.05, 3.63) is 64.0 Å². The van der Waals surface area contributed by atoms with Gasteiger partial charge in [-0.05, 0) is 29.0 Å². The summed E-state index contributed by atoms with van der Waals surface area (Å²) in [4.78, 5) is 18.6. The lowest BCUT2D eigenvalue weighted by atomic mass is 10.00. The van der Waals surface area contributed by atoms with E-state index in [4.69, 9.17) is 0 Å². The van der Waals surface area contributed by atoms with Crippen LogP contribution in [0.2, 0.25) is 0 Å². The summed E-state index contributed by atoms with van der Waals surface area (Å²) in [5, 5.41) is 3.48. The van der Waals surface area contributed by atoms with Crippen molar-refractivity contribution in [2.45, 2.75) is 17.2 Å². The molecule has 0 saturated heterocycles. The first-order valence-corrected chi connectivity index (χ1v) is 11.1. The van der Waals surface area contributed by atoms with E-state index in [9.17, 15) is 13.2 Å². The number of nitrogens with zero attached hydrogens (tertiary/aromatic N) is 2. The molecule has 0 spiro atoms. The van der Waals surface area contributed by atoms with Crippen LogP contribution in [-0.2, 0) is 23.0 Å². The number of nitrogens with one attached hydrogen (secondary N) is 1. The predicted octanol–water partition coefficient (Wildman–Crippen LogP) is 3.20. The van der Waals surface area contributed by atoms with Gasteiger partial charge in [0, 0.05) is 18.5 Å². The zero-order chi connectivity index (χ0) is 18.1. The molecule has 0 fully saturated rings. The summed E-state index contributed by atoms with van der Waals surface area (Å²) >= 11 is 2.24. The van der Waals surface area contributed by atoms with Crippen molar-refractivity contribution in [3.63, 3.8) is 0 Å². The van der Waals surface area contributed by atoms with E-state index < -0.39 is 10.0 Å². The van der Waals surface area contributed by atoms with Gasteiger partial charge < -0.3 is 4.90 Å². The van der Waals surface area contributed by atoms with E-state index in [0.717, 1.165) is 34.7 Å². The van der Waals surface area contributed by atoms with Crippen LogP contribution in [0.4, 0.5) is 5.13 Å². The van der Waals surface area contributed by atoms with Gasteiger partial charge in [-0.3, -0.25) is 9.52 Å². The maximum atomic E-state index is 12.7. The van der Waals surface area contributed by atoms with E-state index in [1.807, 2.05) is 18.2 Å². The highest BCUT2D eigenvalue weighted by atomic mass is 32.2. The number of hydrogen-bond acceptors (Lipinski definition) is 6. The number of thiophene rings is 1. The van der Waals surface area contributed by atoms with Crippen molar-refractivity contribution < 1.29 is 13.2 Å². The van der Waals surface area contributed by atoms with Crippen molar-refractivity contribution in [1.29, 1.82) is 0 Å². The van der Waals surface area contributed by atoms with Crippen molar-refractivity contribution in [1.82, 2.24) is 9.88 Å². The molecule has 0 unspecified atom stereocenters. The van der Waals surface area contributed by atoms with Crippen LogP contribution in [0.3, 0.4) is 0 Å². The molecule has 4 rings (SSSR count). The third kappa shape index (κ3) is 3.37. The smallest absolute Gasteiger partial charge is 0.273 e. The number of carbonyl (C=O) groups excluding carboxylic acids is 1. The Kier molecular flexibility index (Phi) is 4.51. The highest BCUT2D eigenvalue weighted by Gasteiger charge is 2.24. The minimum atomic E-state index is -3.66. The molecular formula is C17H15N3O3S3. The summed E-state index contributed by atoms with van der Waals surface area (Å²) in [6.07, 6.45) is 0.809. The minimum Gasteiger partial charge on any atom is -0.333 e. The number of thiazole rings is 1. The first-order valence-electron chi connectivity index (χ1n) is 7.91. The largest absolute Gasteiger partial charge is 0.333 e. The molecule has 1 N–H and O–H groups in total. The summed E-state index contributed by atoms with van der Waals surface area (Å²) in [6, 6.07) is 11.3. The van der Waals surface area contributed by atoms with Crippen LogP contribution in [0.1, 0.15) is 21.6 Å². The molecule has 0 radical (unpaired) electrons. The minimum absolute atomic E-state index is 0.183.